The van der Waals surface area contributed by atoms with E-state index in [9.17, 15) is 4.79 Å². The highest BCUT2D eigenvalue weighted by Crippen LogP contribution is 2.38. The minimum atomic E-state index is -0.182. The second-order valence-electron chi connectivity index (χ2n) is 4.04. The molecule has 1 amide bonds. The first-order valence-electron chi connectivity index (χ1n) is 5.66. The molecule has 0 aliphatic rings. The Morgan fingerprint density at radius 1 is 1.28 bits per heavy atom. The van der Waals surface area contributed by atoms with E-state index in [-0.39, 0.29) is 12.5 Å². The SMILES string of the molecule is COc1cc(N(C)C(=O)CN)c(OC)c(C)c1C. The highest BCUT2D eigenvalue weighted by atomic mass is 16.5. The van der Waals surface area contributed by atoms with Gasteiger partial charge >= 0.3 is 0 Å². The number of nitrogens with two attached hydrogens (primary N) is 1. The molecule has 0 atom stereocenters. The van der Waals surface area contributed by atoms with Crippen molar-refractivity contribution in [2.45, 2.75) is 13.8 Å². The van der Waals surface area contributed by atoms with Crippen LogP contribution in [0.3, 0.4) is 0 Å². The van der Waals surface area contributed by atoms with Gasteiger partial charge in [-0.05, 0) is 25.0 Å². The quantitative estimate of drug-likeness (QED) is 0.875. The molecule has 5 heteroatoms. The molecule has 0 aromatic heterocycles. The van der Waals surface area contributed by atoms with Crippen LogP contribution in [0.15, 0.2) is 6.07 Å². The smallest absolute Gasteiger partial charge is 0.240 e. The predicted molar refractivity (Wildman–Crippen MR) is 71.5 cm³/mol. The number of hydrogen-bond donors (Lipinski definition) is 1. The minimum absolute atomic E-state index is 0.0467. The number of rotatable bonds is 4. The van der Waals surface area contributed by atoms with Crippen molar-refractivity contribution in [3.8, 4) is 11.5 Å². The largest absolute Gasteiger partial charge is 0.496 e. The van der Waals surface area contributed by atoms with Crippen LogP contribution in [0.4, 0.5) is 5.69 Å². The molecular formula is C13H20N2O3. The van der Waals surface area contributed by atoms with Gasteiger partial charge in [0, 0.05) is 13.1 Å². The summed E-state index contributed by atoms with van der Waals surface area (Å²) in [7, 11) is 4.85. The summed E-state index contributed by atoms with van der Waals surface area (Å²) in [5.41, 5.74) is 7.98. The van der Waals surface area contributed by atoms with Crippen LogP contribution in [0.2, 0.25) is 0 Å². The molecule has 0 heterocycles. The molecule has 0 radical (unpaired) electrons. The number of carbonyl (C=O) groups excluding carboxylic acids is 1. The fraction of sp³-hybridized carbons (Fsp3) is 0.462. The van der Waals surface area contributed by atoms with Crippen molar-refractivity contribution in [3.05, 3.63) is 17.2 Å². The lowest BCUT2D eigenvalue weighted by Gasteiger charge is -2.23. The van der Waals surface area contributed by atoms with Crippen molar-refractivity contribution in [2.24, 2.45) is 5.73 Å². The van der Waals surface area contributed by atoms with Crippen LogP contribution in [0.25, 0.3) is 0 Å². The fourth-order valence-corrected chi connectivity index (χ4v) is 1.84. The first kappa shape index (κ1) is 14.3. The number of likely N-dealkylation sites (N-methyl/N-ethyl adjacent to an activating group) is 1. The highest BCUT2D eigenvalue weighted by molar-refractivity contribution is 5.96. The van der Waals surface area contributed by atoms with Gasteiger partial charge in [-0.25, -0.2) is 0 Å². The second-order valence-corrected chi connectivity index (χ2v) is 4.04. The summed E-state index contributed by atoms with van der Waals surface area (Å²) in [5, 5.41) is 0. The van der Waals surface area contributed by atoms with E-state index in [0.717, 1.165) is 16.9 Å². The van der Waals surface area contributed by atoms with Crippen LogP contribution in [-0.2, 0) is 4.79 Å². The Morgan fingerprint density at radius 3 is 2.33 bits per heavy atom. The lowest BCUT2D eigenvalue weighted by Crippen LogP contribution is -2.32. The number of ether oxygens (including phenoxy) is 2. The van der Waals surface area contributed by atoms with Crippen molar-refractivity contribution in [2.75, 3.05) is 32.7 Å². The van der Waals surface area contributed by atoms with Gasteiger partial charge in [-0.2, -0.15) is 0 Å². The van der Waals surface area contributed by atoms with Gasteiger partial charge in [-0.1, -0.05) is 0 Å². The zero-order valence-electron chi connectivity index (χ0n) is 11.5. The molecule has 0 saturated carbocycles. The van der Waals surface area contributed by atoms with Crippen LogP contribution in [0.1, 0.15) is 11.1 Å². The maximum atomic E-state index is 11.7. The van der Waals surface area contributed by atoms with E-state index < -0.39 is 0 Å². The Balaban J connectivity index is 3.42. The third kappa shape index (κ3) is 2.41. The van der Waals surface area contributed by atoms with E-state index >= 15 is 0 Å². The van der Waals surface area contributed by atoms with E-state index in [1.165, 1.54) is 4.90 Å². The van der Waals surface area contributed by atoms with E-state index in [4.69, 9.17) is 15.2 Å². The summed E-state index contributed by atoms with van der Waals surface area (Å²) in [4.78, 5) is 13.2. The highest BCUT2D eigenvalue weighted by Gasteiger charge is 2.19. The molecule has 100 valence electrons. The van der Waals surface area contributed by atoms with Crippen molar-refractivity contribution in [3.63, 3.8) is 0 Å². The summed E-state index contributed by atoms with van der Waals surface area (Å²) in [6.45, 7) is 3.83. The van der Waals surface area contributed by atoms with Gasteiger partial charge in [0.15, 0.2) is 0 Å². The van der Waals surface area contributed by atoms with Crippen LogP contribution >= 0.6 is 0 Å². The number of anilines is 1. The Morgan fingerprint density at radius 2 is 1.89 bits per heavy atom. The Hall–Kier alpha value is -1.75. The number of amides is 1. The van der Waals surface area contributed by atoms with Crippen LogP contribution < -0.4 is 20.1 Å². The standard InChI is InChI=1S/C13H20N2O3/c1-8-9(2)13(18-5)10(6-11(8)17-4)15(3)12(16)7-14/h6H,7,14H2,1-5H3. The van der Waals surface area contributed by atoms with Gasteiger partial charge < -0.3 is 20.1 Å². The monoisotopic (exact) mass is 252 g/mol. The third-order valence-electron chi connectivity index (χ3n) is 3.11. The number of hydrogen-bond acceptors (Lipinski definition) is 4. The molecule has 5 nitrogen and oxygen atoms in total. The van der Waals surface area contributed by atoms with E-state index in [1.54, 1.807) is 27.3 Å². The van der Waals surface area contributed by atoms with Crippen molar-refractivity contribution >= 4 is 11.6 Å². The summed E-state index contributed by atoms with van der Waals surface area (Å²) in [6.07, 6.45) is 0. The van der Waals surface area contributed by atoms with Crippen LogP contribution in [-0.4, -0.2) is 33.7 Å². The zero-order chi connectivity index (χ0) is 13.9. The summed E-state index contributed by atoms with van der Waals surface area (Å²) < 4.78 is 10.7. The molecule has 18 heavy (non-hydrogen) atoms. The van der Waals surface area contributed by atoms with Crippen LogP contribution in [0, 0.1) is 13.8 Å². The molecular weight excluding hydrogens is 232 g/mol. The van der Waals surface area contributed by atoms with E-state index in [1.807, 2.05) is 13.8 Å². The van der Waals surface area contributed by atoms with Gasteiger partial charge in [0.2, 0.25) is 5.91 Å². The lowest BCUT2D eigenvalue weighted by atomic mass is 10.1. The number of methoxy groups -OCH3 is 2. The van der Waals surface area contributed by atoms with E-state index in [0.29, 0.717) is 11.4 Å². The Bertz CT molecular complexity index is 458. The van der Waals surface area contributed by atoms with Gasteiger partial charge in [0.25, 0.3) is 0 Å². The van der Waals surface area contributed by atoms with Crippen molar-refractivity contribution < 1.29 is 14.3 Å². The molecule has 1 aromatic carbocycles. The summed E-state index contributed by atoms with van der Waals surface area (Å²) >= 11 is 0. The Kier molecular flexibility index (Phi) is 4.55. The maximum absolute atomic E-state index is 11.7. The average molecular weight is 252 g/mol. The van der Waals surface area contributed by atoms with Gasteiger partial charge in [-0.3, -0.25) is 4.79 Å². The summed E-state index contributed by atoms with van der Waals surface area (Å²) in [5.74, 6) is 1.20. The molecule has 0 fully saturated rings. The summed E-state index contributed by atoms with van der Waals surface area (Å²) in [6, 6.07) is 1.79. The number of benzene rings is 1. The zero-order valence-corrected chi connectivity index (χ0v) is 11.5. The minimum Gasteiger partial charge on any atom is -0.496 e. The molecule has 2 N–H and O–H groups in total. The molecule has 0 bridgehead atoms. The average Bonchev–Trinajstić information content (AvgIpc) is 2.39. The molecule has 1 rings (SSSR count). The first-order valence-corrected chi connectivity index (χ1v) is 5.66. The van der Waals surface area contributed by atoms with Crippen LogP contribution in [0.5, 0.6) is 11.5 Å². The van der Waals surface area contributed by atoms with E-state index in [2.05, 4.69) is 0 Å². The fourth-order valence-electron chi connectivity index (χ4n) is 1.84. The number of carbonyl (C=O) groups is 1. The molecule has 0 aliphatic carbocycles. The lowest BCUT2D eigenvalue weighted by molar-refractivity contribution is -0.117. The molecule has 1 aromatic rings. The normalized spacial score (nSPS) is 10.1. The van der Waals surface area contributed by atoms with Crippen molar-refractivity contribution in [1.29, 1.82) is 0 Å². The van der Waals surface area contributed by atoms with Gasteiger partial charge in [-0.15, -0.1) is 0 Å². The molecule has 0 spiro atoms. The topological polar surface area (TPSA) is 64.8 Å². The molecule has 0 unspecified atom stereocenters. The molecule has 0 aliphatic heterocycles. The number of nitrogens with zero attached hydrogens (tertiary/aromatic N) is 1. The van der Waals surface area contributed by atoms with Gasteiger partial charge in [0.05, 0.1) is 26.5 Å². The maximum Gasteiger partial charge on any atom is 0.240 e. The third-order valence-corrected chi connectivity index (χ3v) is 3.11. The first-order chi connectivity index (χ1) is 8.47. The predicted octanol–water partition coefficient (Wildman–Crippen LogP) is 1.24. The molecule has 0 saturated heterocycles. The second kappa shape index (κ2) is 5.73. The van der Waals surface area contributed by atoms with Gasteiger partial charge in [0.1, 0.15) is 11.5 Å². The van der Waals surface area contributed by atoms with Crippen molar-refractivity contribution in [1.82, 2.24) is 0 Å². The Labute approximate surface area is 107 Å².